The van der Waals surface area contributed by atoms with Gasteiger partial charge >= 0.3 is 38.5 Å². The number of rotatable bonds is 0. The van der Waals surface area contributed by atoms with Crippen LogP contribution in [0.1, 0.15) is 0 Å². The summed E-state index contributed by atoms with van der Waals surface area (Å²) in [7, 11) is 0. The molecule has 0 saturated heterocycles. The van der Waals surface area contributed by atoms with E-state index in [-0.39, 0.29) is 6.19 Å². The Bertz CT molecular complexity index is 708. The van der Waals surface area contributed by atoms with E-state index in [0.717, 1.165) is 0 Å². The molecule has 4 aromatic carbocycles. The maximum Gasteiger partial charge on any atom is -0.0809 e. The van der Waals surface area contributed by atoms with Crippen molar-refractivity contribution in [2.45, 2.75) is 13.1 Å². The fraction of sp³-hybridized carbons (Fsp3) is 0.100. The molecular formula is C20H20SiTi-2. The summed E-state index contributed by atoms with van der Waals surface area (Å²) in [6.07, 6.45) is 0.120. The van der Waals surface area contributed by atoms with Crippen molar-refractivity contribution < 1.29 is 19.2 Å². The van der Waals surface area contributed by atoms with Crippen LogP contribution in [0.4, 0.5) is 0 Å². The van der Waals surface area contributed by atoms with Crippen LogP contribution in [0.25, 0.3) is 21.5 Å². The van der Waals surface area contributed by atoms with Crippen LogP contribution >= 0.6 is 0 Å². The fourth-order valence-corrected chi connectivity index (χ4v) is 2.14. The van der Waals surface area contributed by atoms with Gasteiger partial charge in [0.15, 0.2) is 0 Å². The predicted octanol–water partition coefficient (Wildman–Crippen LogP) is 5.90. The summed E-state index contributed by atoms with van der Waals surface area (Å²) in [5.74, 6) is 0. The van der Waals surface area contributed by atoms with Crippen LogP contribution in [-0.2, 0) is 19.2 Å². The van der Waals surface area contributed by atoms with Crippen molar-refractivity contribution in [2.75, 3.05) is 0 Å². The summed E-state index contributed by atoms with van der Waals surface area (Å²) in [4.78, 5) is 0. The van der Waals surface area contributed by atoms with Crippen LogP contribution in [0.3, 0.4) is 0 Å². The molecule has 0 nitrogen and oxygen atoms in total. The van der Waals surface area contributed by atoms with Crippen LogP contribution in [0.2, 0.25) is 13.1 Å². The molecule has 110 valence electrons. The third kappa shape index (κ3) is 5.42. The van der Waals surface area contributed by atoms with E-state index in [4.69, 9.17) is 0 Å². The first-order valence-corrected chi connectivity index (χ1v) is 12.2. The van der Waals surface area contributed by atoms with Gasteiger partial charge in [-0.25, -0.2) is 0 Å². The summed E-state index contributed by atoms with van der Waals surface area (Å²) >= 11 is 2.27. The summed E-state index contributed by atoms with van der Waals surface area (Å²) in [6, 6.07) is 29.3. The van der Waals surface area contributed by atoms with Gasteiger partial charge in [-0.05, 0) is 0 Å². The minimum atomic E-state index is 0.120. The monoisotopic (exact) mass is 336 g/mol. The zero-order valence-electron chi connectivity index (χ0n) is 13.1. The van der Waals surface area contributed by atoms with Gasteiger partial charge < -0.3 is 0 Å². The Hall–Kier alpha value is -1.41. The van der Waals surface area contributed by atoms with Gasteiger partial charge in [0.2, 0.25) is 0 Å². The van der Waals surface area contributed by atoms with E-state index in [1.807, 2.05) is 0 Å². The Morgan fingerprint density at radius 1 is 0.682 bits per heavy atom. The zero-order chi connectivity index (χ0) is 15.8. The van der Waals surface area contributed by atoms with Gasteiger partial charge in [0, 0.05) is 0 Å². The van der Waals surface area contributed by atoms with E-state index in [2.05, 4.69) is 117 Å². The molecule has 2 heteroatoms. The maximum atomic E-state index is 2.27. The zero-order valence-corrected chi connectivity index (χ0v) is 15.6. The van der Waals surface area contributed by atoms with Gasteiger partial charge in [-0.3, -0.25) is 0 Å². The molecule has 0 bridgehead atoms. The first kappa shape index (κ1) is 17.0. The van der Waals surface area contributed by atoms with Crippen molar-refractivity contribution in [3.05, 3.63) is 84.9 Å². The van der Waals surface area contributed by atoms with E-state index in [0.29, 0.717) is 0 Å². The second kappa shape index (κ2) is 8.89. The minimum absolute atomic E-state index is 0.120. The molecule has 0 amide bonds. The van der Waals surface area contributed by atoms with E-state index in [1.165, 1.54) is 21.5 Å². The van der Waals surface area contributed by atoms with Gasteiger partial charge in [0.25, 0.3) is 0 Å². The Balaban J connectivity index is 0.000000131. The third-order valence-electron chi connectivity index (χ3n) is 3.10. The topological polar surface area (TPSA) is 0 Å². The molecule has 0 aliphatic carbocycles. The van der Waals surface area contributed by atoms with Gasteiger partial charge in [-0.1, -0.05) is 12.1 Å². The van der Waals surface area contributed by atoms with Crippen LogP contribution in [0, 0.1) is 0 Å². The van der Waals surface area contributed by atoms with Crippen LogP contribution in [-0.4, -0.2) is 6.19 Å². The third-order valence-corrected chi connectivity index (χ3v) is 3.10. The maximum absolute atomic E-state index is 2.27. The number of benzene rings is 2. The molecule has 0 saturated carbocycles. The first-order chi connectivity index (χ1) is 10.7. The molecule has 22 heavy (non-hydrogen) atoms. The second-order valence-corrected chi connectivity index (χ2v) is 12.0. The Morgan fingerprint density at radius 2 is 1.05 bits per heavy atom. The second-order valence-electron chi connectivity index (χ2n) is 5.31. The summed E-state index contributed by atoms with van der Waals surface area (Å²) in [6.45, 7) is 4.54. The standard InChI is InChI=1S/2C9H7.C2H6Si.Ti/c2*1-2-5-9-7-3-6-8(9)4-1;1-3-2;/h2*1-7H;1-2H3;/q2*-1;;. The van der Waals surface area contributed by atoms with Crippen LogP contribution < -0.4 is 0 Å². The molecule has 0 heterocycles. The summed E-state index contributed by atoms with van der Waals surface area (Å²) in [5.41, 5.74) is 0. The van der Waals surface area contributed by atoms with Crippen molar-refractivity contribution >= 4 is 27.7 Å². The summed E-state index contributed by atoms with van der Waals surface area (Å²) in [5, 5.41) is 5.32. The molecule has 4 rings (SSSR count). The average Bonchev–Trinajstić information content (AvgIpc) is 3.16. The molecule has 0 spiro atoms. The Kier molecular flexibility index (Phi) is 6.85. The van der Waals surface area contributed by atoms with Crippen molar-refractivity contribution in [1.82, 2.24) is 0 Å². The largest absolute Gasteiger partial charge is 0.168 e. The van der Waals surface area contributed by atoms with E-state index in [1.54, 1.807) is 0 Å². The van der Waals surface area contributed by atoms with E-state index < -0.39 is 0 Å². The van der Waals surface area contributed by atoms with Gasteiger partial charge in [-0.2, -0.15) is 35.0 Å². The van der Waals surface area contributed by atoms with Crippen molar-refractivity contribution in [2.24, 2.45) is 0 Å². The first-order valence-electron chi connectivity index (χ1n) is 7.39. The van der Waals surface area contributed by atoms with Crippen molar-refractivity contribution in [3.8, 4) is 0 Å². The fourth-order valence-electron chi connectivity index (χ4n) is 2.14. The molecule has 0 aromatic heterocycles. The number of hydrogen-bond acceptors (Lipinski definition) is 0. The Labute approximate surface area is 144 Å². The van der Waals surface area contributed by atoms with E-state index in [9.17, 15) is 0 Å². The molecule has 0 radical (unpaired) electrons. The van der Waals surface area contributed by atoms with Crippen LogP contribution in [0.15, 0.2) is 84.9 Å². The van der Waals surface area contributed by atoms with Gasteiger partial charge in [0.05, 0.1) is 0 Å². The SMILES string of the molecule is C[Si](C)=[Ti].c1ccc2[cH-]ccc2c1.c1ccc2[cH-]ccc2c1. The Morgan fingerprint density at radius 3 is 1.41 bits per heavy atom. The van der Waals surface area contributed by atoms with Crippen molar-refractivity contribution in [1.29, 1.82) is 0 Å². The molecule has 0 atom stereocenters. The normalized spacial score (nSPS) is 9.50. The minimum Gasteiger partial charge on any atom is -0.168 e. The molecule has 0 aliphatic rings. The van der Waals surface area contributed by atoms with Gasteiger partial charge in [-0.15, -0.1) is 59.3 Å². The van der Waals surface area contributed by atoms with Crippen LogP contribution in [0.5, 0.6) is 0 Å². The molecular weight excluding hydrogens is 316 g/mol. The molecule has 0 aliphatic heterocycles. The van der Waals surface area contributed by atoms with E-state index >= 15 is 0 Å². The molecule has 0 fully saturated rings. The predicted molar refractivity (Wildman–Crippen MR) is 96.6 cm³/mol. The number of hydrogen-bond donors (Lipinski definition) is 0. The smallest absolute Gasteiger partial charge is 0.0809 e. The molecule has 0 unspecified atom stereocenters. The van der Waals surface area contributed by atoms with Gasteiger partial charge in [0.1, 0.15) is 0 Å². The summed E-state index contributed by atoms with van der Waals surface area (Å²) < 4.78 is 0. The number of fused-ring (bicyclic) bond motifs is 2. The molecule has 0 N–H and O–H groups in total. The van der Waals surface area contributed by atoms with Crippen molar-refractivity contribution in [3.63, 3.8) is 0 Å². The average molecular weight is 336 g/mol. The molecule has 4 aromatic rings. The quantitative estimate of drug-likeness (QED) is 0.277.